The zero-order chi connectivity index (χ0) is 26.6. The Morgan fingerprint density at radius 1 is 1.11 bits per heavy atom. The van der Waals surface area contributed by atoms with Crippen LogP contribution in [0.15, 0.2) is 70.5 Å². The van der Waals surface area contributed by atoms with Crippen molar-refractivity contribution in [2.45, 2.75) is 55.0 Å². The van der Waals surface area contributed by atoms with Gasteiger partial charge in [0, 0.05) is 39.5 Å². The number of fused-ring (bicyclic) bond motifs is 2. The minimum Gasteiger partial charge on any atom is -0.351 e. The fraction of sp³-hybridized carbons (Fsp3) is 0.333. The molecule has 0 spiro atoms. The van der Waals surface area contributed by atoms with Crippen LogP contribution in [0.3, 0.4) is 0 Å². The number of carbonyl (C=O) groups is 2. The Hall–Kier alpha value is -2.87. The van der Waals surface area contributed by atoms with Gasteiger partial charge in [0.25, 0.3) is 11.8 Å². The largest absolute Gasteiger partial charge is 0.351 e. The summed E-state index contributed by atoms with van der Waals surface area (Å²) in [7, 11) is 0. The van der Waals surface area contributed by atoms with Crippen LogP contribution in [0.1, 0.15) is 58.9 Å². The minimum atomic E-state index is -0.434. The molecule has 0 aliphatic carbocycles. The number of likely N-dealkylation sites (tertiary alicyclic amines) is 1. The first-order valence-corrected chi connectivity index (χ1v) is 14.3. The average Bonchev–Trinajstić information content (AvgIpc) is 3.04. The number of nitrogens with one attached hydrogen (secondary N) is 1. The zero-order valence-electron chi connectivity index (χ0n) is 21.4. The second-order valence-corrected chi connectivity index (χ2v) is 11.2. The average molecular weight is 552 g/mol. The normalized spacial score (nSPS) is 17.5. The molecule has 2 aliphatic heterocycles. The summed E-state index contributed by atoms with van der Waals surface area (Å²) in [5.74, 6) is -0.798. The Bertz CT molecular complexity index is 1350. The summed E-state index contributed by atoms with van der Waals surface area (Å²) in [5.41, 5.74) is 2.32. The van der Waals surface area contributed by atoms with Crippen molar-refractivity contribution < 1.29 is 14.0 Å². The Morgan fingerprint density at radius 3 is 2.76 bits per heavy atom. The molecule has 0 radical (unpaired) electrons. The van der Waals surface area contributed by atoms with Gasteiger partial charge >= 0.3 is 0 Å². The minimum absolute atomic E-state index is 0.151. The standard InChI is InChI=1S/C30H31ClFN3O2S/c1-2-23-7-5-6-15-34(23)16-14-33-29(36)20-11-13-28-26(17-20)35(19-21-10-12-22(32)18-25(21)31)30(37)24-8-3-4-9-27(24)38-28/h3-4,8-13,17-18,23H,2,5-7,14-16,19H2,1H3,(H,33,36)/t23-/m0/s1. The van der Waals surface area contributed by atoms with E-state index in [4.69, 9.17) is 11.6 Å². The molecule has 1 fully saturated rings. The van der Waals surface area contributed by atoms with E-state index in [2.05, 4.69) is 17.1 Å². The number of halogens is 2. The van der Waals surface area contributed by atoms with E-state index in [1.54, 1.807) is 29.2 Å². The van der Waals surface area contributed by atoms with Gasteiger partial charge < -0.3 is 10.2 Å². The maximum atomic E-state index is 13.8. The SMILES string of the molecule is CC[C@H]1CCCCN1CCNC(=O)c1ccc2c(c1)N(Cc1ccc(F)cc1Cl)C(=O)c1ccccc1S2. The van der Waals surface area contributed by atoms with E-state index in [0.717, 1.165) is 29.3 Å². The van der Waals surface area contributed by atoms with Crippen LogP contribution in [0.4, 0.5) is 10.1 Å². The topological polar surface area (TPSA) is 52.7 Å². The quantitative estimate of drug-likeness (QED) is 0.351. The van der Waals surface area contributed by atoms with Gasteiger partial charge in [0.1, 0.15) is 5.82 Å². The lowest BCUT2D eigenvalue weighted by atomic mass is 10.0. The number of nitrogens with zero attached hydrogens (tertiary/aromatic N) is 2. The Balaban J connectivity index is 1.40. The predicted octanol–water partition coefficient (Wildman–Crippen LogP) is 6.79. The van der Waals surface area contributed by atoms with E-state index in [1.165, 1.54) is 43.2 Å². The van der Waals surface area contributed by atoms with Gasteiger partial charge in [-0.05, 0) is 73.8 Å². The molecule has 0 saturated carbocycles. The summed E-state index contributed by atoms with van der Waals surface area (Å²) in [6.07, 6.45) is 4.83. The zero-order valence-corrected chi connectivity index (χ0v) is 23.0. The van der Waals surface area contributed by atoms with Crippen LogP contribution in [-0.2, 0) is 6.54 Å². The van der Waals surface area contributed by atoms with Gasteiger partial charge in [-0.1, -0.05) is 54.9 Å². The number of hydrogen-bond donors (Lipinski definition) is 1. The molecule has 1 saturated heterocycles. The number of amides is 2. The highest BCUT2D eigenvalue weighted by Crippen LogP contribution is 2.42. The molecule has 3 aromatic rings. The number of carbonyl (C=O) groups excluding carboxylic acids is 2. The van der Waals surface area contributed by atoms with Gasteiger partial charge in [0.15, 0.2) is 0 Å². The molecular weight excluding hydrogens is 521 g/mol. The summed E-state index contributed by atoms with van der Waals surface area (Å²) in [5, 5.41) is 3.32. The first-order valence-electron chi connectivity index (χ1n) is 13.1. The predicted molar refractivity (Wildman–Crippen MR) is 151 cm³/mol. The number of benzene rings is 3. The van der Waals surface area contributed by atoms with Crippen molar-refractivity contribution in [1.29, 1.82) is 0 Å². The molecule has 0 aromatic heterocycles. The van der Waals surface area contributed by atoms with Crippen LogP contribution in [0, 0.1) is 5.82 Å². The van der Waals surface area contributed by atoms with Crippen molar-refractivity contribution in [3.63, 3.8) is 0 Å². The van der Waals surface area contributed by atoms with Crippen molar-refractivity contribution in [3.05, 3.63) is 88.2 Å². The third-order valence-electron chi connectivity index (χ3n) is 7.34. The molecule has 1 N–H and O–H groups in total. The van der Waals surface area contributed by atoms with E-state index in [1.807, 2.05) is 24.3 Å². The molecule has 3 aromatic carbocycles. The Labute approximate surface area is 232 Å². The van der Waals surface area contributed by atoms with Crippen LogP contribution >= 0.6 is 23.4 Å². The summed E-state index contributed by atoms with van der Waals surface area (Å²) < 4.78 is 13.7. The summed E-state index contributed by atoms with van der Waals surface area (Å²) >= 11 is 7.83. The fourth-order valence-corrected chi connectivity index (χ4v) is 6.56. The highest BCUT2D eigenvalue weighted by Gasteiger charge is 2.29. The first kappa shape index (κ1) is 26.7. The van der Waals surface area contributed by atoms with Crippen molar-refractivity contribution in [3.8, 4) is 0 Å². The van der Waals surface area contributed by atoms with Gasteiger partial charge in [-0.3, -0.25) is 14.5 Å². The van der Waals surface area contributed by atoms with E-state index < -0.39 is 5.82 Å². The van der Waals surface area contributed by atoms with Crippen LogP contribution in [-0.4, -0.2) is 42.4 Å². The van der Waals surface area contributed by atoms with Crippen molar-refractivity contribution in [1.82, 2.24) is 10.2 Å². The summed E-state index contributed by atoms with van der Waals surface area (Å²) in [6.45, 7) is 4.85. The van der Waals surface area contributed by atoms with Crippen LogP contribution < -0.4 is 10.2 Å². The number of piperidine rings is 1. The molecule has 2 heterocycles. The monoisotopic (exact) mass is 551 g/mol. The van der Waals surface area contributed by atoms with Gasteiger partial charge in [-0.25, -0.2) is 4.39 Å². The molecule has 2 aliphatic rings. The summed E-state index contributed by atoms with van der Waals surface area (Å²) in [4.78, 5) is 32.7. The molecular formula is C30H31ClFN3O2S. The van der Waals surface area contributed by atoms with E-state index in [-0.39, 0.29) is 23.4 Å². The molecule has 5 nitrogen and oxygen atoms in total. The van der Waals surface area contributed by atoms with Crippen LogP contribution in [0.25, 0.3) is 0 Å². The molecule has 0 unspecified atom stereocenters. The highest BCUT2D eigenvalue weighted by molar-refractivity contribution is 7.99. The lowest BCUT2D eigenvalue weighted by Crippen LogP contribution is -2.43. The Morgan fingerprint density at radius 2 is 1.95 bits per heavy atom. The number of anilines is 1. The van der Waals surface area contributed by atoms with Crippen molar-refractivity contribution in [2.75, 3.05) is 24.5 Å². The maximum Gasteiger partial charge on any atom is 0.259 e. The molecule has 0 bridgehead atoms. The summed E-state index contributed by atoms with van der Waals surface area (Å²) in [6, 6.07) is 17.7. The Kier molecular flexibility index (Phi) is 8.36. The molecule has 198 valence electrons. The van der Waals surface area contributed by atoms with Gasteiger partial charge in [-0.15, -0.1) is 0 Å². The number of rotatable bonds is 7. The number of hydrogen-bond acceptors (Lipinski definition) is 4. The smallest absolute Gasteiger partial charge is 0.259 e. The van der Waals surface area contributed by atoms with Gasteiger partial charge in [-0.2, -0.15) is 0 Å². The van der Waals surface area contributed by atoms with Gasteiger partial charge in [0.05, 0.1) is 17.8 Å². The molecule has 2 amide bonds. The molecule has 8 heteroatoms. The second-order valence-electron chi connectivity index (χ2n) is 9.76. The molecule has 1 atom stereocenters. The first-order chi connectivity index (χ1) is 18.4. The molecule has 5 rings (SSSR count). The van der Waals surface area contributed by atoms with Crippen molar-refractivity contribution >= 4 is 40.9 Å². The second kappa shape index (κ2) is 11.9. The molecule has 38 heavy (non-hydrogen) atoms. The van der Waals surface area contributed by atoms with E-state index in [9.17, 15) is 14.0 Å². The third-order valence-corrected chi connectivity index (χ3v) is 8.84. The van der Waals surface area contributed by atoms with Gasteiger partial charge in [0.2, 0.25) is 0 Å². The van der Waals surface area contributed by atoms with E-state index in [0.29, 0.717) is 35.0 Å². The fourth-order valence-electron chi connectivity index (χ4n) is 5.27. The van der Waals surface area contributed by atoms with E-state index >= 15 is 0 Å². The van der Waals surface area contributed by atoms with Crippen LogP contribution in [0.5, 0.6) is 0 Å². The third kappa shape index (κ3) is 5.75. The lowest BCUT2D eigenvalue weighted by Gasteiger charge is -2.35. The lowest BCUT2D eigenvalue weighted by molar-refractivity contribution is 0.0932. The van der Waals surface area contributed by atoms with Crippen molar-refractivity contribution in [2.24, 2.45) is 0 Å². The highest BCUT2D eigenvalue weighted by atomic mass is 35.5. The maximum absolute atomic E-state index is 13.8. The van der Waals surface area contributed by atoms with Crippen LogP contribution in [0.2, 0.25) is 5.02 Å².